The maximum atomic E-state index is 5.84. The van der Waals surface area contributed by atoms with Crippen molar-refractivity contribution in [2.24, 2.45) is 0 Å². The van der Waals surface area contributed by atoms with Crippen molar-refractivity contribution >= 4 is 39.5 Å². The summed E-state index contributed by atoms with van der Waals surface area (Å²) in [5, 5.41) is 2.06. The van der Waals surface area contributed by atoms with E-state index >= 15 is 0 Å². The average molecular weight is 267 g/mol. The molecule has 0 unspecified atom stereocenters. The van der Waals surface area contributed by atoms with E-state index in [1.807, 2.05) is 12.1 Å². The van der Waals surface area contributed by atoms with Crippen molar-refractivity contribution in [2.45, 2.75) is 6.92 Å². The lowest BCUT2D eigenvalue weighted by Gasteiger charge is -1.98. The molecule has 19 heavy (non-hydrogen) atoms. The van der Waals surface area contributed by atoms with Crippen molar-refractivity contribution in [3.63, 3.8) is 0 Å². The van der Waals surface area contributed by atoms with Crippen LogP contribution in [0, 0.1) is 6.92 Å². The molecule has 0 radical (unpaired) electrons. The number of aryl methyl sites for hydroxylation is 1. The fraction of sp³-hybridized carbons (Fsp3) is 0.0667. The number of nitrogen functional groups attached to an aromatic ring is 1. The molecule has 0 atom stereocenters. The van der Waals surface area contributed by atoms with E-state index in [0.29, 0.717) is 5.82 Å². The van der Waals surface area contributed by atoms with E-state index in [2.05, 4.69) is 46.6 Å². The molecular weight excluding hydrogens is 254 g/mol. The van der Waals surface area contributed by atoms with Crippen molar-refractivity contribution in [1.29, 1.82) is 0 Å². The third-order valence-electron chi connectivity index (χ3n) is 3.04. The molecule has 1 aromatic carbocycles. The Bertz CT molecular complexity index is 759. The van der Waals surface area contributed by atoms with Gasteiger partial charge < -0.3 is 5.73 Å². The third kappa shape index (κ3) is 2.22. The SMILES string of the molecule is Cc1ccccc1C=Cc1csc2c(N)ncnc12. The molecule has 3 aromatic rings. The predicted molar refractivity (Wildman–Crippen MR) is 81.9 cm³/mol. The molecule has 0 saturated carbocycles. The largest absolute Gasteiger partial charge is 0.382 e. The van der Waals surface area contributed by atoms with Gasteiger partial charge >= 0.3 is 0 Å². The van der Waals surface area contributed by atoms with Crippen LogP contribution in [0.5, 0.6) is 0 Å². The number of benzene rings is 1. The number of hydrogen-bond donors (Lipinski definition) is 1. The van der Waals surface area contributed by atoms with Gasteiger partial charge in [0.2, 0.25) is 0 Å². The minimum atomic E-state index is 0.547. The summed E-state index contributed by atoms with van der Waals surface area (Å²) in [6.07, 6.45) is 5.69. The summed E-state index contributed by atoms with van der Waals surface area (Å²) >= 11 is 1.58. The predicted octanol–water partition coefficient (Wildman–Crippen LogP) is 3.75. The minimum Gasteiger partial charge on any atom is -0.382 e. The highest BCUT2D eigenvalue weighted by Gasteiger charge is 2.06. The molecule has 0 aliphatic carbocycles. The van der Waals surface area contributed by atoms with E-state index in [-0.39, 0.29) is 0 Å². The molecule has 0 aliphatic rings. The first-order valence-corrected chi connectivity index (χ1v) is 6.85. The summed E-state index contributed by atoms with van der Waals surface area (Å²) in [7, 11) is 0. The number of thiophene rings is 1. The minimum absolute atomic E-state index is 0.547. The highest BCUT2D eigenvalue weighted by atomic mass is 32.1. The zero-order valence-corrected chi connectivity index (χ0v) is 11.3. The number of hydrogen-bond acceptors (Lipinski definition) is 4. The van der Waals surface area contributed by atoms with Crippen molar-refractivity contribution in [3.8, 4) is 0 Å². The van der Waals surface area contributed by atoms with Crippen molar-refractivity contribution < 1.29 is 0 Å². The topological polar surface area (TPSA) is 51.8 Å². The van der Waals surface area contributed by atoms with Crippen LogP contribution in [-0.2, 0) is 0 Å². The van der Waals surface area contributed by atoms with Gasteiger partial charge in [-0.1, -0.05) is 36.4 Å². The number of nitrogens with zero attached hydrogens (tertiary/aromatic N) is 2. The molecule has 2 heterocycles. The number of nitrogens with two attached hydrogens (primary N) is 1. The molecule has 3 nitrogen and oxygen atoms in total. The van der Waals surface area contributed by atoms with Crippen LogP contribution in [0.15, 0.2) is 36.0 Å². The molecule has 94 valence electrons. The van der Waals surface area contributed by atoms with E-state index in [0.717, 1.165) is 15.8 Å². The first kappa shape index (κ1) is 11.9. The lowest BCUT2D eigenvalue weighted by Crippen LogP contribution is -1.90. The summed E-state index contributed by atoms with van der Waals surface area (Å²) in [5.41, 5.74) is 10.3. The van der Waals surface area contributed by atoms with E-state index in [1.54, 1.807) is 11.3 Å². The van der Waals surface area contributed by atoms with Crippen molar-refractivity contribution in [2.75, 3.05) is 5.73 Å². The number of fused-ring (bicyclic) bond motifs is 1. The van der Waals surface area contributed by atoms with Crippen LogP contribution in [-0.4, -0.2) is 9.97 Å². The number of aromatic nitrogens is 2. The summed E-state index contributed by atoms with van der Waals surface area (Å²) in [4.78, 5) is 8.31. The van der Waals surface area contributed by atoms with Gasteiger partial charge in [-0.15, -0.1) is 11.3 Å². The molecule has 2 aromatic heterocycles. The molecule has 3 rings (SSSR count). The van der Waals surface area contributed by atoms with Gasteiger partial charge in [-0.05, 0) is 18.1 Å². The Kier molecular flexibility index (Phi) is 3.01. The summed E-state index contributed by atoms with van der Waals surface area (Å²) in [6, 6.07) is 8.29. The van der Waals surface area contributed by atoms with E-state index in [4.69, 9.17) is 5.73 Å². The van der Waals surface area contributed by atoms with Crippen LogP contribution >= 0.6 is 11.3 Å². The van der Waals surface area contributed by atoms with Crippen LogP contribution in [0.25, 0.3) is 22.4 Å². The van der Waals surface area contributed by atoms with Crippen LogP contribution in [0.2, 0.25) is 0 Å². The van der Waals surface area contributed by atoms with Crippen LogP contribution in [0.3, 0.4) is 0 Å². The second kappa shape index (κ2) is 4.82. The maximum absolute atomic E-state index is 5.84. The first-order chi connectivity index (χ1) is 9.25. The molecule has 0 bridgehead atoms. The monoisotopic (exact) mass is 267 g/mol. The van der Waals surface area contributed by atoms with E-state index in [9.17, 15) is 0 Å². The molecule has 0 spiro atoms. The highest BCUT2D eigenvalue weighted by molar-refractivity contribution is 7.18. The second-order valence-electron chi connectivity index (χ2n) is 4.32. The Morgan fingerprint density at radius 2 is 1.89 bits per heavy atom. The summed E-state index contributed by atoms with van der Waals surface area (Å²) in [5.74, 6) is 0.547. The standard InChI is InChI=1S/C15H13N3S/c1-10-4-2-3-5-11(10)6-7-12-8-19-14-13(12)17-9-18-15(14)16/h2-9H,1H3,(H2,16,17,18). The van der Waals surface area contributed by atoms with Crippen LogP contribution < -0.4 is 5.73 Å². The Labute approximate surface area is 115 Å². The molecule has 4 heteroatoms. The van der Waals surface area contributed by atoms with E-state index in [1.165, 1.54) is 17.5 Å². The van der Waals surface area contributed by atoms with Crippen LogP contribution in [0.4, 0.5) is 5.82 Å². The van der Waals surface area contributed by atoms with Gasteiger partial charge in [0.05, 0.1) is 10.2 Å². The second-order valence-corrected chi connectivity index (χ2v) is 5.20. The van der Waals surface area contributed by atoms with E-state index < -0.39 is 0 Å². The van der Waals surface area contributed by atoms with Gasteiger partial charge in [-0.2, -0.15) is 0 Å². The lowest BCUT2D eigenvalue weighted by molar-refractivity contribution is 1.24. The summed E-state index contributed by atoms with van der Waals surface area (Å²) < 4.78 is 0.951. The van der Waals surface area contributed by atoms with Gasteiger partial charge in [0, 0.05) is 10.9 Å². The number of anilines is 1. The lowest BCUT2D eigenvalue weighted by atomic mass is 10.1. The molecular formula is C15H13N3S. The maximum Gasteiger partial charge on any atom is 0.144 e. The molecule has 0 amide bonds. The molecule has 0 fully saturated rings. The van der Waals surface area contributed by atoms with Gasteiger partial charge in [0.25, 0.3) is 0 Å². The molecule has 2 N–H and O–H groups in total. The van der Waals surface area contributed by atoms with Gasteiger partial charge in [-0.3, -0.25) is 0 Å². The van der Waals surface area contributed by atoms with Gasteiger partial charge in [0.1, 0.15) is 12.1 Å². The van der Waals surface area contributed by atoms with Gasteiger partial charge in [0.15, 0.2) is 0 Å². The molecule has 0 saturated heterocycles. The average Bonchev–Trinajstić information content (AvgIpc) is 2.83. The zero-order chi connectivity index (χ0) is 13.2. The fourth-order valence-corrected chi connectivity index (χ4v) is 2.85. The molecule has 0 aliphatic heterocycles. The smallest absolute Gasteiger partial charge is 0.144 e. The van der Waals surface area contributed by atoms with Crippen molar-refractivity contribution in [3.05, 3.63) is 52.7 Å². The summed E-state index contributed by atoms with van der Waals surface area (Å²) in [6.45, 7) is 2.10. The first-order valence-electron chi connectivity index (χ1n) is 5.97. The fourth-order valence-electron chi connectivity index (χ4n) is 1.96. The number of rotatable bonds is 2. The highest BCUT2D eigenvalue weighted by Crippen LogP contribution is 2.28. The quantitative estimate of drug-likeness (QED) is 0.769. The van der Waals surface area contributed by atoms with Crippen molar-refractivity contribution in [1.82, 2.24) is 9.97 Å². The Hall–Kier alpha value is -2.20. The van der Waals surface area contributed by atoms with Gasteiger partial charge in [-0.25, -0.2) is 9.97 Å². The zero-order valence-electron chi connectivity index (χ0n) is 10.5. The van der Waals surface area contributed by atoms with Crippen LogP contribution in [0.1, 0.15) is 16.7 Å². The third-order valence-corrected chi connectivity index (χ3v) is 4.05. The Morgan fingerprint density at radius 1 is 1.11 bits per heavy atom. The Morgan fingerprint density at radius 3 is 2.74 bits per heavy atom. The normalized spacial score (nSPS) is 11.4. The Balaban J connectivity index is 2.03.